The van der Waals surface area contributed by atoms with Gasteiger partial charge in [-0.05, 0) is 10.1 Å². The van der Waals surface area contributed by atoms with E-state index < -0.39 is 6.20 Å². The minimum Gasteiger partial charge on any atom is -0.0622 e. The summed E-state index contributed by atoms with van der Waals surface area (Å²) in [6, 6.07) is 9.94. The molecule has 0 radical (unpaired) electrons. The van der Waals surface area contributed by atoms with Gasteiger partial charge < -0.3 is 0 Å². The number of hydrogen-bond acceptors (Lipinski definition) is 2. The van der Waals surface area contributed by atoms with E-state index in [1.807, 2.05) is 30.3 Å². The Morgan fingerprint density at radius 3 is 2.55 bits per heavy atom. The molecule has 58 valence electrons. The van der Waals surface area contributed by atoms with Crippen LogP contribution in [0.25, 0.3) is 0 Å². The molecule has 0 aliphatic carbocycles. The molecule has 4 heteroatoms. The molecule has 1 aromatic rings. The van der Waals surface area contributed by atoms with Gasteiger partial charge in [-0.25, -0.2) is 0 Å². The summed E-state index contributed by atoms with van der Waals surface area (Å²) in [6.07, 6.45) is -1.36. The second-order valence-electron chi connectivity index (χ2n) is 2.00. The van der Waals surface area contributed by atoms with Crippen molar-refractivity contribution < 1.29 is 4.57 Å². The van der Waals surface area contributed by atoms with Crippen molar-refractivity contribution in [2.24, 2.45) is 0 Å². The first-order chi connectivity index (χ1) is 5.29. The molecule has 0 aliphatic rings. The standard InChI is InChI=1S/C7H7OPS2/c8-9(10)11-6-7-4-2-1-3-5-7/h1-5H,6H2/p+1. The molecule has 0 spiro atoms. The van der Waals surface area contributed by atoms with Crippen LogP contribution < -0.4 is 0 Å². The van der Waals surface area contributed by atoms with Crippen LogP contribution in [0.2, 0.25) is 0 Å². The first-order valence-electron chi connectivity index (χ1n) is 3.12. The fourth-order valence-electron chi connectivity index (χ4n) is 0.704. The van der Waals surface area contributed by atoms with Gasteiger partial charge in [0.25, 0.3) is 0 Å². The summed E-state index contributed by atoms with van der Waals surface area (Å²) in [5, 5.41) is 0. The van der Waals surface area contributed by atoms with E-state index in [1.165, 1.54) is 16.9 Å². The molecule has 0 saturated heterocycles. The highest BCUT2D eigenvalue weighted by Crippen LogP contribution is 2.43. The molecular formula is C7H8OPS2+. The predicted molar refractivity (Wildman–Crippen MR) is 54.3 cm³/mol. The van der Waals surface area contributed by atoms with Crippen LogP contribution >= 0.6 is 29.8 Å². The number of thiol groups is 1. The number of hydrogen-bond donors (Lipinski definition) is 1. The first-order valence-corrected chi connectivity index (χ1v) is 7.12. The van der Waals surface area contributed by atoms with Gasteiger partial charge in [0, 0.05) is 0 Å². The van der Waals surface area contributed by atoms with Crippen molar-refractivity contribution in [1.82, 2.24) is 0 Å². The Labute approximate surface area is 76.3 Å². The van der Waals surface area contributed by atoms with E-state index in [2.05, 4.69) is 12.2 Å². The van der Waals surface area contributed by atoms with Gasteiger partial charge in [-0.1, -0.05) is 30.3 Å². The molecule has 1 rings (SSSR count). The van der Waals surface area contributed by atoms with Gasteiger partial charge in [0.2, 0.25) is 0 Å². The third-order valence-corrected chi connectivity index (χ3v) is 3.96. The molecule has 1 nitrogen and oxygen atoms in total. The van der Waals surface area contributed by atoms with Crippen LogP contribution in [0, 0.1) is 0 Å². The Hall–Kier alpha value is 0.0200. The molecule has 0 aromatic heterocycles. The van der Waals surface area contributed by atoms with Crippen molar-refractivity contribution in [3.63, 3.8) is 0 Å². The zero-order chi connectivity index (χ0) is 8.10. The monoisotopic (exact) mass is 203 g/mol. The summed E-state index contributed by atoms with van der Waals surface area (Å²) < 4.78 is 10.6. The van der Waals surface area contributed by atoms with Gasteiger partial charge in [-0.3, -0.25) is 0 Å². The van der Waals surface area contributed by atoms with E-state index in [0.717, 1.165) is 5.75 Å². The van der Waals surface area contributed by atoms with Crippen molar-refractivity contribution in [3.05, 3.63) is 35.9 Å². The predicted octanol–water partition coefficient (Wildman–Crippen LogP) is 3.51. The zero-order valence-corrected chi connectivity index (χ0v) is 8.41. The van der Waals surface area contributed by atoms with Crippen molar-refractivity contribution >= 4 is 29.8 Å². The fraction of sp³-hybridized carbons (Fsp3) is 0.143. The molecule has 0 fully saturated rings. The Morgan fingerprint density at radius 1 is 1.36 bits per heavy atom. The van der Waals surface area contributed by atoms with Crippen molar-refractivity contribution in [2.75, 3.05) is 0 Å². The lowest BCUT2D eigenvalue weighted by Gasteiger charge is -1.90. The van der Waals surface area contributed by atoms with Gasteiger partial charge in [-0.2, -0.15) is 0 Å². The SMILES string of the molecule is O=[P+](S)SCc1ccccc1. The molecule has 1 atom stereocenters. The second kappa shape index (κ2) is 4.81. The molecule has 0 heterocycles. The van der Waals surface area contributed by atoms with Crippen LogP contribution in [0.1, 0.15) is 5.56 Å². The third-order valence-electron chi connectivity index (χ3n) is 1.18. The van der Waals surface area contributed by atoms with Gasteiger partial charge >= 0.3 is 6.20 Å². The smallest absolute Gasteiger partial charge is 0.0622 e. The largest absolute Gasteiger partial charge is 0.480 e. The maximum atomic E-state index is 10.6. The highest BCUT2D eigenvalue weighted by atomic mass is 33.1. The summed E-state index contributed by atoms with van der Waals surface area (Å²) in [4.78, 5) is 0. The summed E-state index contributed by atoms with van der Waals surface area (Å²) in [5.74, 6) is 0.777. The normalized spacial score (nSPS) is 11.2. The molecule has 0 saturated carbocycles. The van der Waals surface area contributed by atoms with Crippen LogP contribution in [0.5, 0.6) is 0 Å². The van der Waals surface area contributed by atoms with Gasteiger partial charge in [0.05, 0.1) is 5.75 Å². The highest BCUT2D eigenvalue weighted by Gasteiger charge is 2.09. The lowest BCUT2D eigenvalue weighted by molar-refractivity contribution is 0.603. The minimum atomic E-state index is -1.36. The van der Waals surface area contributed by atoms with E-state index in [0.29, 0.717) is 0 Å². The summed E-state index contributed by atoms with van der Waals surface area (Å²) >= 11 is 5.16. The Kier molecular flexibility index (Phi) is 3.98. The molecular weight excluding hydrogens is 195 g/mol. The minimum absolute atomic E-state index is 0.777. The Bertz CT molecular complexity index is 237. The van der Waals surface area contributed by atoms with E-state index in [9.17, 15) is 4.57 Å². The lowest BCUT2D eigenvalue weighted by atomic mass is 10.2. The van der Waals surface area contributed by atoms with Crippen LogP contribution in [-0.2, 0) is 10.3 Å². The van der Waals surface area contributed by atoms with Gasteiger partial charge in [0.15, 0.2) is 0 Å². The van der Waals surface area contributed by atoms with Crippen LogP contribution in [0.3, 0.4) is 0 Å². The van der Waals surface area contributed by atoms with Gasteiger partial charge in [-0.15, -0.1) is 0 Å². The fourth-order valence-corrected chi connectivity index (χ4v) is 2.45. The lowest BCUT2D eigenvalue weighted by Crippen LogP contribution is -1.74. The van der Waals surface area contributed by atoms with Crippen LogP contribution in [0.15, 0.2) is 30.3 Å². The summed E-state index contributed by atoms with van der Waals surface area (Å²) in [6.45, 7) is 0. The maximum absolute atomic E-state index is 10.6. The molecule has 0 aliphatic heterocycles. The topological polar surface area (TPSA) is 17.1 Å². The maximum Gasteiger partial charge on any atom is 0.480 e. The Morgan fingerprint density at radius 2 is 2.00 bits per heavy atom. The number of benzene rings is 1. The zero-order valence-electron chi connectivity index (χ0n) is 5.80. The van der Waals surface area contributed by atoms with E-state index in [4.69, 9.17) is 0 Å². The van der Waals surface area contributed by atoms with Crippen molar-refractivity contribution in [1.29, 1.82) is 0 Å². The molecule has 1 unspecified atom stereocenters. The van der Waals surface area contributed by atoms with E-state index in [-0.39, 0.29) is 0 Å². The molecule has 0 N–H and O–H groups in total. The van der Waals surface area contributed by atoms with Crippen molar-refractivity contribution in [3.8, 4) is 0 Å². The molecule has 0 bridgehead atoms. The van der Waals surface area contributed by atoms with Crippen LogP contribution in [-0.4, -0.2) is 0 Å². The van der Waals surface area contributed by atoms with Gasteiger partial charge in [0.1, 0.15) is 23.6 Å². The second-order valence-corrected chi connectivity index (χ2v) is 6.69. The average molecular weight is 203 g/mol. The third kappa shape index (κ3) is 3.80. The highest BCUT2D eigenvalue weighted by molar-refractivity contribution is 8.79. The van der Waals surface area contributed by atoms with Crippen LogP contribution in [0.4, 0.5) is 0 Å². The van der Waals surface area contributed by atoms with E-state index in [1.54, 1.807) is 0 Å². The summed E-state index contributed by atoms with van der Waals surface area (Å²) in [7, 11) is 0. The molecule has 11 heavy (non-hydrogen) atoms. The Balaban J connectivity index is 2.45. The number of rotatable bonds is 3. The quantitative estimate of drug-likeness (QED) is 0.598. The summed E-state index contributed by atoms with van der Waals surface area (Å²) in [5.41, 5.74) is 1.19. The molecule has 1 aromatic carbocycles. The first kappa shape index (κ1) is 9.11. The average Bonchev–Trinajstić information content (AvgIpc) is 2.03. The van der Waals surface area contributed by atoms with E-state index >= 15 is 0 Å². The molecule has 0 amide bonds. The van der Waals surface area contributed by atoms with Crippen molar-refractivity contribution in [2.45, 2.75) is 5.75 Å².